The standard InChI is InChI=1S/C13H11ClN4/c14-11-4-1-5-12(18-11)16-7-9-8-17-13-10(9)3-2-6-15-13/h1-6,8H,7H2,(H,15,17)(H,16,18). The van der Waals surface area contributed by atoms with Gasteiger partial charge < -0.3 is 10.3 Å². The van der Waals surface area contributed by atoms with Crippen molar-refractivity contribution in [2.45, 2.75) is 6.54 Å². The number of H-pyrrole nitrogens is 1. The molecule has 3 aromatic heterocycles. The minimum atomic E-state index is 0.487. The van der Waals surface area contributed by atoms with Gasteiger partial charge >= 0.3 is 0 Å². The number of pyridine rings is 2. The highest BCUT2D eigenvalue weighted by Crippen LogP contribution is 2.17. The molecule has 0 fully saturated rings. The molecule has 0 bridgehead atoms. The van der Waals surface area contributed by atoms with Crippen LogP contribution in [0, 0.1) is 0 Å². The molecule has 0 radical (unpaired) electrons. The van der Waals surface area contributed by atoms with Gasteiger partial charge in [-0.1, -0.05) is 17.7 Å². The Labute approximate surface area is 109 Å². The number of halogens is 1. The molecular formula is C13H11ClN4. The van der Waals surface area contributed by atoms with Gasteiger partial charge in [0.2, 0.25) is 0 Å². The molecule has 0 aliphatic rings. The van der Waals surface area contributed by atoms with E-state index in [1.54, 1.807) is 12.3 Å². The number of rotatable bonds is 3. The summed E-state index contributed by atoms with van der Waals surface area (Å²) in [4.78, 5) is 11.6. The molecule has 18 heavy (non-hydrogen) atoms. The third kappa shape index (κ3) is 2.15. The van der Waals surface area contributed by atoms with Crippen LogP contribution in [0.15, 0.2) is 42.7 Å². The normalized spacial score (nSPS) is 10.7. The summed E-state index contributed by atoms with van der Waals surface area (Å²) in [6.45, 7) is 0.680. The third-order valence-electron chi connectivity index (χ3n) is 2.71. The second kappa shape index (κ2) is 4.66. The van der Waals surface area contributed by atoms with E-state index in [9.17, 15) is 0 Å². The van der Waals surface area contributed by atoms with Crippen LogP contribution in [0.1, 0.15) is 5.56 Å². The largest absolute Gasteiger partial charge is 0.366 e. The van der Waals surface area contributed by atoms with Gasteiger partial charge in [-0.15, -0.1) is 0 Å². The minimum absolute atomic E-state index is 0.487. The summed E-state index contributed by atoms with van der Waals surface area (Å²) in [6, 6.07) is 9.48. The quantitative estimate of drug-likeness (QED) is 0.709. The Hall–Kier alpha value is -2.07. The van der Waals surface area contributed by atoms with E-state index in [0.29, 0.717) is 11.7 Å². The first-order valence-electron chi connectivity index (χ1n) is 5.60. The van der Waals surface area contributed by atoms with Crippen molar-refractivity contribution in [3.63, 3.8) is 0 Å². The smallest absolute Gasteiger partial charge is 0.137 e. The first kappa shape index (κ1) is 11.0. The van der Waals surface area contributed by atoms with Gasteiger partial charge in [0.25, 0.3) is 0 Å². The van der Waals surface area contributed by atoms with Gasteiger partial charge in [0.15, 0.2) is 0 Å². The van der Waals surface area contributed by atoms with Crippen molar-refractivity contribution >= 4 is 28.5 Å². The number of nitrogens with one attached hydrogen (secondary N) is 2. The Kier molecular flexibility index (Phi) is 2.86. The van der Waals surface area contributed by atoms with Crippen LogP contribution in [0.4, 0.5) is 5.82 Å². The molecule has 0 saturated carbocycles. The number of hydrogen-bond acceptors (Lipinski definition) is 3. The second-order valence-electron chi connectivity index (χ2n) is 3.91. The van der Waals surface area contributed by atoms with Gasteiger partial charge in [-0.25, -0.2) is 9.97 Å². The Morgan fingerprint density at radius 2 is 2.17 bits per heavy atom. The van der Waals surface area contributed by atoms with Crippen LogP contribution in [0.25, 0.3) is 11.0 Å². The van der Waals surface area contributed by atoms with Gasteiger partial charge in [-0.3, -0.25) is 0 Å². The fourth-order valence-corrected chi connectivity index (χ4v) is 2.02. The van der Waals surface area contributed by atoms with Crippen molar-refractivity contribution in [3.8, 4) is 0 Å². The zero-order chi connectivity index (χ0) is 12.4. The van der Waals surface area contributed by atoms with Crippen LogP contribution in [-0.4, -0.2) is 15.0 Å². The van der Waals surface area contributed by atoms with Crippen molar-refractivity contribution in [1.29, 1.82) is 0 Å². The molecule has 5 heteroatoms. The summed E-state index contributed by atoms with van der Waals surface area (Å²) < 4.78 is 0. The SMILES string of the molecule is Clc1cccc(NCc2c[nH]c3ncccc23)n1. The van der Waals surface area contributed by atoms with Crippen LogP contribution in [0.2, 0.25) is 5.15 Å². The first-order chi connectivity index (χ1) is 8.83. The van der Waals surface area contributed by atoms with Crippen molar-refractivity contribution in [2.24, 2.45) is 0 Å². The monoisotopic (exact) mass is 258 g/mol. The van der Waals surface area contributed by atoms with Crippen LogP contribution in [-0.2, 0) is 6.54 Å². The Morgan fingerprint density at radius 1 is 1.22 bits per heavy atom. The topological polar surface area (TPSA) is 53.6 Å². The molecule has 0 spiro atoms. The van der Waals surface area contributed by atoms with Crippen molar-refractivity contribution < 1.29 is 0 Å². The van der Waals surface area contributed by atoms with E-state index in [1.807, 2.05) is 30.5 Å². The molecule has 2 N–H and O–H groups in total. The maximum atomic E-state index is 5.83. The molecule has 0 aliphatic heterocycles. The Morgan fingerprint density at radius 3 is 3.06 bits per heavy atom. The van der Waals surface area contributed by atoms with Gasteiger partial charge in [0.1, 0.15) is 16.6 Å². The maximum absolute atomic E-state index is 5.83. The molecule has 0 saturated heterocycles. The lowest BCUT2D eigenvalue weighted by atomic mass is 10.2. The van der Waals surface area contributed by atoms with Crippen molar-refractivity contribution in [3.05, 3.63) is 53.4 Å². The molecule has 0 aliphatic carbocycles. The molecule has 90 valence electrons. The van der Waals surface area contributed by atoms with Crippen LogP contribution < -0.4 is 5.32 Å². The fraction of sp³-hybridized carbons (Fsp3) is 0.0769. The summed E-state index contributed by atoms with van der Waals surface area (Å²) in [7, 11) is 0. The zero-order valence-electron chi connectivity index (χ0n) is 9.52. The van der Waals surface area contributed by atoms with E-state index >= 15 is 0 Å². The van der Waals surface area contributed by atoms with Crippen LogP contribution in [0.3, 0.4) is 0 Å². The van der Waals surface area contributed by atoms with E-state index < -0.39 is 0 Å². The maximum Gasteiger partial charge on any atom is 0.137 e. The lowest BCUT2D eigenvalue weighted by Gasteiger charge is -2.04. The van der Waals surface area contributed by atoms with E-state index in [-0.39, 0.29) is 0 Å². The minimum Gasteiger partial charge on any atom is -0.366 e. The molecule has 0 aromatic carbocycles. The van der Waals surface area contributed by atoms with E-state index in [1.165, 1.54) is 0 Å². The predicted octanol–water partition coefficient (Wildman–Crippen LogP) is 3.22. The molecule has 3 heterocycles. The molecule has 0 unspecified atom stereocenters. The van der Waals surface area contributed by atoms with Crippen LogP contribution in [0.5, 0.6) is 0 Å². The second-order valence-corrected chi connectivity index (χ2v) is 4.30. The number of aromatic nitrogens is 3. The summed E-state index contributed by atoms with van der Waals surface area (Å²) >= 11 is 5.83. The predicted molar refractivity (Wildman–Crippen MR) is 72.7 cm³/mol. The highest BCUT2D eigenvalue weighted by molar-refractivity contribution is 6.29. The van der Waals surface area contributed by atoms with Gasteiger partial charge in [-0.2, -0.15) is 0 Å². The van der Waals surface area contributed by atoms with Crippen molar-refractivity contribution in [1.82, 2.24) is 15.0 Å². The fourth-order valence-electron chi connectivity index (χ4n) is 1.85. The molecule has 3 aromatic rings. The van der Waals surface area contributed by atoms with E-state index in [2.05, 4.69) is 20.3 Å². The lowest BCUT2D eigenvalue weighted by Crippen LogP contribution is -2.00. The number of nitrogens with zero attached hydrogens (tertiary/aromatic N) is 2. The average molecular weight is 259 g/mol. The van der Waals surface area contributed by atoms with Gasteiger partial charge in [-0.05, 0) is 29.8 Å². The van der Waals surface area contributed by atoms with Crippen LogP contribution >= 0.6 is 11.6 Å². The summed E-state index contributed by atoms with van der Waals surface area (Å²) in [5, 5.41) is 4.84. The molecule has 3 rings (SSSR count). The zero-order valence-corrected chi connectivity index (χ0v) is 10.3. The van der Waals surface area contributed by atoms with Gasteiger partial charge in [0.05, 0.1) is 0 Å². The van der Waals surface area contributed by atoms with Crippen molar-refractivity contribution in [2.75, 3.05) is 5.32 Å². The van der Waals surface area contributed by atoms with E-state index in [4.69, 9.17) is 11.6 Å². The average Bonchev–Trinajstić information content (AvgIpc) is 2.80. The molecule has 0 amide bonds. The highest BCUT2D eigenvalue weighted by Gasteiger charge is 2.03. The third-order valence-corrected chi connectivity index (χ3v) is 2.92. The summed E-state index contributed by atoms with van der Waals surface area (Å²) in [5.74, 6) is 0.765. The molecule has 0 atom stereocenters. The number of aromatic amines is 1. The highest BCUT2D eigenvalue weighted by atomic mass is 35.5. The number of fused-ring (bicyclic) bond motifs is 1. The summed E-state index contributed by atoms with van der Waals surface area (Å²) in [6.07, 6.45) is 3.73. The number of hydrogen-bond donors (Lipinski definition) is 2. The lowest BCUT2D eigenvalue weighted by molar-refractivity contribution is 1.12. The van der Waals surface area contributed by atoms with E-state index in [0.717, 1.165) is 22.4 Å². The Balaban J connectivity index is 1.81. The molecular weight excluding hydrogens is 248 g/mol. The summed E-state index contributed by atoms with van der Waals surface area (Å²) in [5.41, 5.74) is 2.05. The first-order valence-corrected chi connectivity index (χ1v) is 5.98. The van der Waals surface area contributed by atoms with Gasteiger partial charge in [0, 0.05) is 24.3 Å². The number of anilines is 1. The molecule has 4 nitrogen and oxygen atoms in total. The Bertz CT molecular complexity index is 677.